The summed E-state index contributed by atoms with van der Waals surface area (Å²) in [6.07, 6.45) is 4.84. The Morgan fingerprint density at radius 3 is 2.78 bits per heavy atom. The molecule has 0 bridgehead atoms. The summed E-state index contributed by atoms with van der Waals surface area (Å²) in [5, 5.41) is 3.45. The van der Waals surface area contributed by atoms with E-state index in [2.05, 4.69) is 35.6 Å². The normalized spacial score (nSPS) is 31.9. The molecule has 3 heteroatoms. The fourth-order valence-corrected chi connectivity index (χ4v) is 2.61. The van der Waals surface area contributed by atoms with Gasteiger partial charge < -0.3 is 14.8 Å². The van der Waals surface area contributed by atoms with Crippen molar-refractivity contribution in [3.8, 4) is 0 Å². The molecule has 1 aromatic carbocycles. The van der Waals surface area contributed by atoms with Crippen LogP contribution in [0.2, 0.25) is 0 Å². The maximum atomic E-state index is 6.03. The van der Waals surface area contributed by atoms with Crippen molar-refractivity contribution in [1.29, 1.82) is 0 Å². The van der Waals surface area contributed by atoms with Crippen molar-refractivity contribution in [2.75, 3.05) is 13.2 Å². The first-order chi connectivity index (χ1) is 8.92. The van der Waals surface area contributed by atoms with Crippen LogP contribution < -0.4 is 5.32 Å². The van der Waals surface area contributed by atoms with E-state index in [1.165, 1.54) is 18.4 Å². The summed E-state index contributed by atoms with van der Waals surface area (Å²) < 4.78 is 11.7. The van der Waals surface area contributed by atoms with Gasteiger partial charge in [0.25, 0.3) is 0 Å². The maximum Gasteiger partial charge on any atom is 0.158 e. The van der Waals surface area contributed by atoms with Crippen LogP contribution in [0.1, 0.15) is 24.8 Å². The van der Waals surface area contributed by atoms with Crippen LogP contribution in [-0.4, -0.2) is 31.6 Å². The average Bonchev–Trinajstić information content (AvgIpc) is 2.43. The lowest BCUT2D eigenvalue weighted by molar-refractivity contribution is -0.206. The molecule has 1 aromatic rings. The zero-order valence-electron chi connectivity index (χ0n) is 10.7. The van der Waals surface area contributed by atoms with E-state index in [-0.39, 0.29) is 6.29 Å². The summed E-state index contributed by atoms with van der Waals surface area (Å²) in [4.78, 5) is 0. The van der Waals surface area contributed by atoms with Gasteiger partial charge in [-0.25, -0.2) is 0 Å². The van der Waals surface area contributed by atoms with Gasteiger partial charge in [-0.1, -0.05) is 30.3 Å². The fourth-order valence-electron chi connectivity index (χ4n) is 2.61. The molecule has 2 aliphatic rings. The van der Waals surface area contributed by atoms with Crippen molar-refractivity contribution in [2.45, 2.75) is 44.1 Å². The molecule has 0 aromatic heterocycles. The van der Waals surface area contributed by atoms with Gasteiger partial charge in [0.2, 0.25) is 0 Å². The van der Waals surface area contributed by atoms with E-state index >= 15 is 0 Å². The molecule has 98 valence electrons. The molecule has 0 unspecified atom stereocenters. The van der Waals surface area contributed by atoms with Gasteiger partial charge in [-0.15, -0.1) is 0 Å². The fraction of sp³-hybridized carbons (Fsp3) is 0.600. The predicted octanol–water partition coefficient (Wildman–Crippen LogP) is 2.11. The number of nitrogens with one attached hydrogen (secondary N) is 1. The number of ether oxygens (including phenoxy) is 2. The molecule has 1 N–H and O–H groups in total. The minimum Gasteiger partial charge on any atom is -0.353 e. The van der Waals surface area contributed by atoms with Gasteiger partial charge in [0.05, 0.1) is 6.10 Å². The van der Waals surface area contributed by atoms with Crippen molar-refractivity contribution < 1.29 is 9.47 Å². The van der Waals surface area contributed by atoms with E-state index in [1.807, 2.05) is 0 Å². The first kappa shape index (κ1) is 12.2. The Labute approximate surface area is 108 Å². The van der Waals surface area contributed by atoms with Crippen molar-refractivity contribution in [3.63, 3.8) is 0 Å². The number of hydrogen-bond acceptors (Lipinski definition) is 3. The molecule has 0 radical (unpaired) electrons. The quantitative estimate of drug-likeness (QED) is 0.884. The van der Waals surface area contributed by atoms with Gasteiger partial charge >= 0.3 is 0 Å². The molecular weight excluding hydrogens is 226 g/mol. The Hall–Kier alpha value is -0.900. The van der Waals surface area contributed by atoms with E-state index in [9.17, 15) is 0 Å². The van der Waals surface area contributed by atoms with Crippen LogP contribution in [0.5, 0.6) is 0 Å². The largest absolute Gasteiger partial charge is 0.353 e. The van der Waals surface area contributed by atoms with Crippen LogP contribution in [0, 0.1) is 0 Å². The van der Waals surface area contributed by atoms with E-state index < -0.39 is 0 Å². The van der Waals surface area contributed by atoms with Gasteiger partial charge in [-0.2, -0.15) is 0 Å². The second-order valence-electron chi connectivity index (χ2n) is 5.18. The maximum absolute atomic E-state index is 6.03. The zero-order valence-corrected chi connectivity index (χ0v) is 10.7. The highest BCUT2D eigenvalue weighted by molar-refractivity contribution is 5.17. The van der Waals surface area contributed by atoms with E-state index in [1.54, 1.807) is 0 Å². The van der Waals surface area contributed by atoms with Gasteiger partial charge in [-0.3, -0.25) is 0 Å². The molecule has 3 rings (SSSR count). The minimum atomic E-state index is 0.0316. The van der Waals surface area contributed by atoms with Gasteiger partial charge in [0.15, 0.2) is 6.29 Å². The lowest BCUT2D eigenvalue weighted by Gasteiger charge is -2.40. The number of benzene rings is 1. The van der Waals surface area contributed by atoms with Crippen LogP contribution in [0.4, 0.5) is 0 Å². The van der Waals surface area contributed by atoms with Gasteiger partial charge in [0.1, 0.15) is 0 Å². The average molecular weight is 247 g/mol. The van der Waals surface area contributed by atoms with E-state index in [0.717, 1.165) is 26.0 Å². The molecule has 18 heavy (non-hydrogen) atoms. The molecule has 3 nitrogen and oxygen atoms in total. The van der Waals surface area contributed by atoms with Crippen LogP contribution in [0.25, 0.3) is 0 Å². The first-order valence-corrected chi connectivity index (χ1v) is 6.96. The summed E-state index contributed by atoms with van der Waals surface area (Å²) >= 11 is 0. The second-order valence-corrected chi connectivity index (χ2v) is 5.18. The van der Waals surface area contributed by atoms with Crippen LogP contribution >= 0.6 is 0 Å². The topological polar surface area (TPSA) is 30.5 Å². The SMILES string of the molecule is c1ccc(C[C@@H]2NC[C@H]2O[C@@H]2CCCCO2)cc1. The Balaban J connectivity index is 1.49. The lowest BCUT2D eigenvalue weighted by atomic mass is 9.95. The molecule has 3 atom stereocenters. The Bertz CT molecular complexity index is 362. The number of hydrogen-bond donors (Lipinski definition) is 1. The van der Waals surface area contributed by atoms with E-state index in [4.69, 9.17) is 9.47 Å². The van der Waals surface area contributed by atoms with Crippen LogP contribution in [0.3, 0.4) is 0 Å². The monoisotopic (exact) mass is 247 g/mol. The highest BCUT2D eigenvalue weighted by atomic mass is 16.7. The van der Waals surface area contributed by atoms with E-state index in [0.29, 0.717) is 12.1 Å². The Morgan fingerprint density at radius 2 is 2.11 bits per heavy atom. The Morgan fingerprint density at radius 1 is 1.22 bits per heavy atom. The molecule has 2 aliphatic heterocycles. The van der Waals surface area contributed by atoms with Crippen molar-refractivity contribution in [3.05, 3.63) is 35.9 Å². The summed E-state index contributed by atoms with van der Waals surface area (Å²) in [5.41, 5.74) is 1.37. The predicted molar refractivity (Wildman–Crippen MR) is 70.4 cm³/mol. The molecule has 0 saturated carbocycles. The molecule has 0 amide bonds. The number of rotatable bonds is 4. The summed E-state index contributed by atoms with van der Waals surface area (Å²) in [6, 6.07) is 11.0. The highest BCUT2D eigenvalue weighted by Crippen LogP contribution is 2.21. The van der Waals surface area contributed by atoms with Gasteiger partial charge in [-0.05, 0) is 31.2 Å². The highest BCUT2D eigenvalue weighted by Gasteiger charge is 2.33. The summed E-state index contributed by atoms with van der Waals surface area (Å²) in [6.45, 7) is 1.81. The molecule has 2 fully saturated rings. The zero-order chi connectivity index (χ0) is 12.2. The molecule has 0 aliphatic carbocycles. The molecule has 2 saturated heterocycles. The third-order valence-electron chi connectivity index (χ3n) is 3.79. The second kappa shape index (κ2) is 5.83. The summed E-state index contributed by atoms with van der Waals surface area (Å²) in [7, 11) is 0. The molecule has 0 spiro atoms. The third kappa shape index (κ3) is 2.91. The molecule has 2 heterocycles. The first-order valence-electron chi connectivity index (χ1n) is 6.96. The van der Waals surface area contributed by atoms with Gasteiger partial charge in [0, 0.05) is 19.2 Å². The molecular formula is C15H21NO2. The summed E-state index contributed by atoms with van der Waals surface area (Å²) in [5.74, 6) is 0. The standard InChI is InChI=1S/C15H21NO2/c1-2-6-12(7-3-1)10-13-14(11-16-13)18-15-8-4-5-9-17-15/h1-3,6-7,13-16H,4-5,8-11H2/t13-,14+,15+/m0/s1. The van der Waals surface area contributed by atoms with Crippen molar-refractivity contribution >= 4 is 0 Å². The van der Waals surface area contributed by atoms with Crippen molar-refractivity contribution in [1.82, 2.24) is 5.32 Å². The van der Waals surface area contributed by atoms with Crippen LogP contribution in [0.15, 0.2) is 30.3 Å². The Kier molecular flexibility index (Phi) is 3.93. The van der Waals surface area contributed by atoms with Crippen LogP contribution in [-0.2, 0) is 15.9 Å². The smallest absolute Gasteiger partial charge is 0.158 e. The minimum absolute atomic E-state index is 0.0316. The lowest BCUT2D eigenvalue weighted by Crippen LogP contribution is -2.60. The van der Waals surface area contributed by atoms with Crippen molar-refractivity contribution in [2.24, 2.45) is 0 Å². The third-order valence-corrected chi connectivity index (χ3v) is 3.79.